The molecule has 0 rings (SSSR count). The predicted molar refractivity (Wildman–Crippen MR) is 44.0 cm³/mol. The maximum atomic E-state index is 10.4. The molecule has 0 aromatic carbocycles. The fourth-order valence-electron chi connectivity index (χ4n) is 0.665. The van der Waals surface area contributed by atoms with Crippen molar-refractivity contribution in [2.45, 2.75) is 19.8 Å². The number of rotatable bonds is 4. The summed E-state index contributed by atoms with van der Waals surface area (Å²) in [5, 5.41) is 8.58. The Balaban J connectivity index is 4.02. The summed E-state index contributed by atoms with van der Waals surface area (Å²) in [6, 6.07) is 0. The summed E-state index contributed by atoms with van der Waals surface area (Å²) in [5.74, 6) is 0.958. The Hall–Kier alpha value is -1.23. The average Bonchev–Trinajstić information content (AvgIpc) is 1.97. The van der Waals surface area contributed by atoms with Crippen molar-refractivity contribution < 1.29 is 9.90 Å². The Morgan fingerprint density at radius 2 is 2.45 bits per heavy atom. The van der Waals surface area contributed by atoms with Crippen molar-refractivity contribution in [2.24, 2.45) is 5.92 Å². The summed E-state index contributed by atoms with van der Waals surface area (Å²) in [5.41, 5.74) is 0. The lowest BCUT2D eigenvalue weighted by Gasteiger charge is -2.00. The van der Waals surface area contributed by atoms with Crippen LogP contribution in [-0.2, 0) is 4.79 Å². The van der Waals surface area contributed by atoms with Crippen molar-refractivity contribution in [1.82, 2.24) is 0 Å². The van der Waals surface area contributed by atoms with Crippen molar-refractivity contribution in [3.63, 3.8) is 0 Å². The smallest absolute Gasteiger partial charge is 0.311 e. The Kier molecular flexibility index (Phi) is 4.93. The zero-order chi connectivity index (χ0) is 8.69. The standard InChI is InChI=1S/C9H12O2/c1-3-5-7-8(6-4-2)9(10)11/h2,5,7-8H,3,6H2,1H3,(H,10,11). The van der Waals surface area contributed by atoms with Gasteiger partial charge in [-0.25, -0.2) is 0 Å². The van der Waals surface area contributed by atoms with Crippen molar-refractivity contribution in [1.29, 1.82) is 0 Å². The lowest BCUT2D eigenvalue weighted by Crippen LogP contribution is -2.09. The molecule has 0 saturated carbocycles. The number of aliphatic carboxylic acids is 1. The molecule has 2 heteroatoms. The molecule has 1 N–H and O–H groups in total. The Bertz CT molecular complexity index is 186. The van der Waals surface area contributed by atoms with Crippen LogP contribution in [0.1, 0.15) is 19.8 Å². The molecule has 0 heterocycles. The topological polar surface area (TPSA) is 37.3 Å². The molecule has 0 spiro atoms. The van der Waals surface area contributed by atoms with Gasteiger partial charge in [0.1, 0.15) is 0 Å². The van der Waals surface area contributed by atoms with E-state index in [0.29, 0.717) is 0 Å². The van der Waals surface area contributed by atoms with Gasteiger partial charge in [0.05, 0.1) is 5.92 Å². The van der Waals surface area contributed by atoms with E-state index in [1.807, 2.05) is 13.0 Å². The van der Waals surface area contributed by atoms with Gasteiger partial charge in [-0.1, -0.05) is 19.1 Å². The lowest BCUT2D eigenvalue weighted by molar-refractivity contribution is -0.139. The highest BCUT2D eigenvalue weighted by molar-refractivity contribution is 5.72. The van der Waals surface area contributed by atoms with Gasteiger partial charge in [-0.3, -0.25) is 4.79 Å². The second-order valence-corrected chi connectivity index (χ2v) is 2.19. The average molecular weight is 152 g/mol. The molecular weight excluding hydrogens is 140 g/mol. The third-order valence-corrected chi connectivity index (χ3v) is 1.26. The van der Waals surface area contributed by atoms with Gasteiger partial charge in [-0.05, 0) is 6.42 Å². The zero-order valence-corrected chi connectivity index (χ0v) is 6.58. The lowest BCUT2D eigenvalue weighted by atomic mass is 10.1. The quantitative estimate of drug-likeness (QED) is 0.491. The number of carboxylic acid groups (broad SMARTS) is 1. The van der Waals surface area contributed by atoms with E-state index in [-0.39, 0.29) is 6.42 Å². The molecule has 2 nitrogen and oxygen atoms in total. The van der Waals surface area contributed by atoms with E-state index < -0.39 is 11.9 Å². The molecule has 0 aromatic rings. The van der Waals surface area contributed by atoms with E-state index in [1.54, 1.807) is 6.08 Å². The molecule has 0 radical (unpaired) electrons. The Morgan fingerprint density at radius 3 is 2.82 bits per heavy atom. The SMILES string of the molecule is C#CCC(C=CCC)C(=O)O. The van der Waals surface area contributed by atoms with E-state index in [0.717, 1.165) is 6.42 Å². The van der Waals surface area contributed by atoms with Gasteiger partial charge in [0, 0.05) is 6.42 Å². The Labute approximate surface area is 66.9 Å². The second kappa shape index (κ2) is 5.55. The van der Waals surface area contributed by atoms with E-state index in [4.69, 9.17) is 11.5 Å². The van der Waals surface area contributed by atoms with Gasteiger partial charge < -0.3 is 5.11 Å². The molecule has 0 aliphatic heterocycles. The summed E-state index contributed by atoms with van der Waals surface area (Å²) in [4.78, 5) is 10.4. The molecule has 0 bridgehead atoms. The van der Waals surface area contributed by atoms with Gasteiger partial charge in [0.15, 0.2) is 0 Å². The molecule has 0 fully saturated rings. The van der Waals surface area contributed by atoms with Crippen LogP contribution in [0.25, 0.3) is 0 Å². The van der Waals surface area contributed by atoms with E-state index in [9.17, 15) is 4.79 Å². The number of hydrogen-bond donors (Lipinski definition) is 1. The van der Waals surface area contributed by atoms with E-state index >= 15 is 0 Å². The minimum atomic E-state index is -0.854. The summed E-state index contributed by atoms with van der Waals surface area (Å²) in [6.07, 6.45) is 9.56. The first-order chi connectivity index (χ1) is 5.22. The Morgan fingerprint density at radius 1 is 1.82 bits per heavy atom. The molecule has 11 heavy (non-hydrogen) atoms. The van der Waals surface area contributed by atoms with Crippen molar-refractivity contribution in [3.05, 3.63) is 12.2 Å². The molecule has 0 aliphatic rings. The van der Waals surface area contributed by atoms with Crippen LogP contribution in [0.15, 0.2) is 12.2 Å². The minimum absolute atomic E-state index is 0.270. The van der Waals surface area contributed by atoms with Gasteiger partial charge in [-0.15, -0.1) is 12.3 Å². The number of terminal acetylenes is 1. The van der Waals surface area contributed by atoms with E-state index in [2.05, 4.69) is 5.92 Å². The van der Waals surface area contributed by atoms with Crippen LogP contribution in [-0.4, -0.2) is 11.1 Å². The van der Waals surface area contributed by atoms with Gasteiger partial charge >= 0.3 is 5.97 Å². The minimum Gasteiger partial charge on any atom is -0.481 e. The first-order valence-electron chi connectivity index (χ1n) is 3.55. The molecule has 0 aliphatic carbocycles. The summed E-state index contributed by atoms with van der Waals surface area (Å²) in [7, 11) is 0. The molecule has 1 atom stereocenters. The van der Waals surface area contributed by atoms with E-state index in [1.165, 1.54) is 0 Å². The number of allylic oxidation sites excluding steroid dienone is 1. The van der Waals surface area contributed by atoms with Crippen LogP contribution in [0.2, 0.25) is 0 Å². The van der Waals surface area contributed by atoms with Crippen LogP contribution in [0.5, 0.6) is 0 Å². The molecule has 0 amide bonds. The van der Waals surface area contributed by atoms with Crippen LogP contribution >= 0.6 is 0 Å². The highest BCUT2D eigenvalue weighted by Crippen LogP contribution is 2.04. The fourth-order valence-corrected chi connectivity index (χ4v) is 0.665. The van der Waals surface area contributed by atoms with Crippen LogP contribution < -0.4 is 0 Å². The van der Waals surface area contributed by atoms with Crippen LogP contribution in [0.3, 0.4) is 0 Å². The molecule has 1 unspecified atom stereocenters. The first kappa shape index (κ1) is 9.77. The predicted octanol–water partition coefficient (Wildman–Crippen LogP) is 1.68. The molecule has 0 saturated heterocycles. The van der Waals surface area contributed by atoms with Gasteiger partial charge in [-0.2, -0.15) is 0 Å². The third-order valence-electron chi connectivity index (χ3n) is 1.26. The molecular formula is C9H12O2. The van der Waals surface area contributed by atoms with Gasteiger partial charge in [0.25, 0.3) is 0 Å². The highest BCUT2D eigenvalue weighted by atomic mass is 16.4. The van der Waals surface area contributed by atoms with Crippen molar-refractivity contribution >= 4 is 5.97 Å². The zero-order valence-electron chi connectivity index (χ0n) is 6.58. The summed E-state index contributed by atoms with van der Waals surface area (Å²) >= 11 is 0. The third kappa shape index (κ3) is 4.21. The first-order valence-corrected chi connectivity index (χ1v) is 3.55. The van der Waals surface area contributed by atoms with Crippen LogP contribution in [0.4, 0.5) is 0 Å². The van der Waals surface area contributed by atoms with Gasteiger partial charge in [0.2, 0.25) is 0 Å². The number of carbonyl (C=O) groups is 1. The maximum absolute atomic E-state index is 10.4. The summed E-state index contributed by atoms with van der Waals surface area (Å²) < 4.78 is 0. The largest absolute Gasteiger partial charge is 0.481 e. The second-order valence-electron chi connectivity index (χ2n) is 2.19. The molecule has 0 aromatic heterocycles. The maximum Gasteiger partial charge on any atom is 0.311 e. The number of carboxylic acids is 1. The van der Waals surface area contributed by atoms with Crippen molar-refractivity contribution in [2.75, 3.05) is 0 Å². The monoisotopic (exact) mass is 152 g/mol. The summed E-state index contributed by atoms with van der Waals surface area (Å²) in [6.45, 7) is 1.95. The normalized spacial score (nSPS) is 12.7. The van der Waals surface area contributed by atoms with Crippen molar-refractivity contribution in [3.8, 4) is 12.3 Å². The molecule has 60 valence electrons. The van der Waals surface area contributed by atoms with Crippen LogP contribution in [0, 0.1) is 18.3 Å². The highest BCUT2D eigenvalue weighted by Gasteiger charge is 2.10. The fraction of sp³-hybridized carbons (Fsp3) is 0.444. The number of hydrogen-bond acceptors (Lipinski definition) is 1.